The molecule has 1 heterocycles. The van der Waals surface area contributed by atoms with Gasteiger partial charge in [0.25, 0.3) is 0 Å². The quantitative estimate of drug-likeness (QED) is 0.787. The first-order valence-electron chi connectivity index (χ1n) is 5.92. The van der Waals surface area contributed by atoms with Gasteiger partial charge in [0.05, 0.1) is 4.90 Å². The maximum absolute atomic E-state index is 12.1. The second-order valence-electron chi connectivity index (χ2n) is 4.28. The van der Waals surface area contributed by atoms with Crippen molar-refractivity contribution in [3.63, 3.8) is 0 Å². The maximum Gasteiger partial charge on any atom is 0.240 e. The van der Waals surface area contributed by atoms with Gasteiger partial charge in [-0.15, -0.1) is 0 Å². The lowest BCUT2D eigenvalue weighted by Gasteiger charge is -2.08. The van der Waals surface area contributed by atoms with Gasteiger partial charge in [-0.1, -0.05) is 0 Å². The molecular formula is C12H15BrN4O2S. The van der Waals surface area contributed by atoms with Crippen LogP contribution < -0.4 is 10.5 Å². The topological polar surface area (TPSA) is 90.0 Å². The molecule has 0 aliphatic rings. The van der Waals surface area contributed by atoms with Gasteiger partial charge in [-0.25, -0.2) is 13.1 Å². The summed E-state index contributed by atoms with van der Waals surface area (Å²) in [4.78, 5) is 0.156. The predicted molar refractivity (Wildman–Crippen MR) is 80.7 cm³/mol. The number of nitrogen functional groups attached to an aromatic ring is 1. The standard InChI is InChI=1S/C12H15BrN4O2S/c1-17-9(4-6-15-17)5-7-16-20(18,19)10-2-3-11(13)12(14)8-10/h2-4,6,8,16H,5,7,14H2,1H3. The highest BCUT2D eigenvalue weighted by Gasteiger charge is 2.14. The van der Waals surface area contributed by atoms with Gasteiger partial charge in [0.1, 0.15) is 0 Å². The highest BCUT2D eigenvalue weighted by Crippen LogP contribution is 2.22. The summed E-state index contributed by atoms with van der Waals surface area (Å²) in [5.74, 6) is 0. The molecule has 1 aromatic carbocycles. The molecule has 0 amide bonds. The molecule has 3 N–H and O–H groups in total. The first kappa shape index (κ1) is 15.0. The van der Waals surface area contributed by atoms with Gasteiger partial charge in [-0.05, 0) is 40.2 Å². The number of hydrogen-bond acceptors (Lipinski definition) is 4. The molecule has 1 aromatic heterocycles. The number of rotatable bonds is 5. The van der Waals surface area contributed by atoms with Gasteiger partial charge in [0.2, 0.25) is 10.0 Å². The molecule has 0 spiro atoms. The van der Waals surface area contributed by atoms with Gasteiger partial charge < -0.3 is 5.73 Å². The zero-order valence-electron chi connectivity index (χ0n) is 10.9. The summed E-state index contributed by atoms with van der Waals surface area (Å²) in [5.41, 5.74) is 7.04. The van der Waals surface area contributed by atoms with Crippen LogP contribution in [0, 0.1) is 0 Å². The fourth-order valence-corrected chi connectivity index (χ4v) is 3.05. The second kappa shape index (κ2) is 5.94. The third kappa shape index (κ3) is 3.38. The largest absolute Gasteiger partial charge is 0.398 e. The van der Waals surface area contributed by atoms with Crippen molar-refractivity contribution in [2.24, 2.45) is 7.05 Å². The number of nitrogens with zero attached hydrogens (tertiary/aromatic N) is 2. The number of sulfonamides is 1. The van der Waals surface area contributed by atoms with Crippen molar-refractivity contribution < 1.29 is 8.42 Å². The van der Waals surface area contributed by atoms with Crippen LogP contribution >= 0.6 is 15.9 Å². The van der Waals surface area contributed by atoms with Crippen molar-refractivity contribution in [1.82, 2.24) is 14.5 Å². The molecule has 20 heavy (non-hydrogen) atoms. The Morgan fingerprint density at radius 1 is 1.40 bits per heavy atom. The molecule has 0 atom stereocenters. The summed E-state index contributed by atoms with van der Waals surface area (Å²) >= 11 is 3.23. The Hall–Kier alpha value is -1.38. The minimum Gasteiger partial charge on any atom is -0.398 e. The maximum atomic E-state index is 12.1. The molecule has 0 aliphatic carbocycles. The number of halogens is 1. The molecule has 0 saturated heterocycles. The van der Waals surface area contributed by atoms with E-state index in [2.05, 4.69) is 25.8 Å². The average molecular weight is 359 g/mol. The van der Waals surface area contributed by atoms with Crippen LogP contribution in [0.15, 0.2) is 39.8 Å². The fourth-order valence-electron chi connectivity index (χ4n) is 1.73. The Bertz CT molecular complexity index is 712. The number of aromatic nitrogens is 2. The molecule has 2 aromatic rings. The molecule has 8 heteroatoms. The highest BCUT2D eigenvalue weighted by atomic mass is 79.9. The average Bonchev–Trinajstić information content (AvgIpc) is 2.78. The Labute approximate surface area is 126 Å². The van der Waals surface area contributed by atoms with Crippen LogP contribution in [0.5, 0.6) is 0 Å². The van der Waals surface area contributed by atoms with E-state index in [4.69, 9.17) is 5.73 Å². The lowest BCUT2D eigenvalue weighted by Crippen LogP contribution is -2.26. The van der Waals surface area contributed by atoms with Crippen LogP contribution in [-0.4, -0.2) is 24.7 Å². The minimum absolute atomic E-state index is 0.156. The summed E-state index contributed by atoms with van der Waals surface area (Å²) < 4.78 is 29.1. The van der Waals surface area contributed by atoms with E-state index in [0.29, 0.717) is 23.1 Å². The predicted octanol–water partition coefficient (Wildman–Crippen LogP) is 1.29. The number of nitrogens with one attached hydrogen (secondary N) is 1. The third-order valence-electron chi connectivity index (χ3n) is 2.87. The third-order valence-corrected chi connectivity index (χ3v) is 5.05. The zero-order valence-corrected chi connectivity index (χ0v) is 13.3. The van der Waals surface area contributed by atoms with Gasteiger partial charge >= 0.3 is 0 Å². The Kier molecular flexibility index (Phi) is 4.46. The van der Waals surface area contributed by atoms with E-state index in [-0.39, 0.29) is 4.90 Å². The summed E-state index contributed by atoms with van der Waals surface area (Å²) in [5, 5.41) is 4.03. The van der Waals surface area contributed by atoms with Crippen LogP contribution in [0.2, 0.25) is 0 Å². The Morgan fingerprint density at radius 3 is 2.75 bits per heavy atom. The Morgan fingerprint density at radius 2 is 2.15 bits per heavy atom. The summed E-state index contributed by atoms with van der Waals surface area (Å²) in [6.45, 7) is 0.303. The molecule has 0 bridgehead atoms. The first-order chi connectivity index (χ1) is 9.40. The lowest BCUT2D eigenvalue weighted by molar-refractivity contribution is 0.579. The zero-order chi connectivity index (χ0) is 14.8. The van der Waals surface area contributed by atoms with Crippen molar-refractivity contribution in [2.75, 3.05) is 12.3 Å². The molecule has 0 unspecified atom stereocenters. The van der Waals surface area contributed by atoms with Gasteiger partial charge in [-0.3, -0.25) is 4.68 Å². The van der Waals surface area contributed by atoms with E-state index >= 15 is 0 Å². The molecule has 6 nitrogen and oxygen atoms in total. The van der Waals surface area contributed by atoms with Crippen LogP contribution in [0.4, 0.5) is 5.69 Å². The van der Waals surface area contributed by atoms with Crippen molar-refractivity contribution in [1.29, 1.82) is 0 Å². The molecule has 0 saturated carbocycles. The summed E-state index contributed by atoms with van der Waals surface area (Å²) in [6.07, 6.45) is 2.25. The SMILES string of the molecule is Cn1nccc1CCNS(=O)(=O)c1ccc(Br)c(N)c1. The van der Waals surface area contributed by atoms with Crippen LogP contribution in [-0.2, 0) is 23.5 Å². The number of benzene rings is 1. The van der Waals surface area contributed by atoms with Crippen molar-refractivity contribution >= 4 is 31.6 Å². The molecule has 0 fully saturated rings. The van der Waals surface area contributed by atoms with E-state index in [1.165, 1.54) is 12.1 Å². The highest BCUT2D eigenvalue weighted by molar-refractivity contribution is 9.10. The smallest absolute Gasteiger partial charge is 0.240 e. The molecular weight excluding hydrogens is 344 g/mol. The fraction of sp³-hybridized carbons (Fsp3) is 0.250. The number of anilines is 1. The van der Waals surface area contributed by atoms with E-state index in [9.17, 15) is 8.42 Å². The minimum atomic E-state index is -3.55. The number of nitrogens with two attached hydrogens (primary N) is 1. The van der Waals surface area contributed by atoms with E-state index < -0.39 is 10.0 Å². The van der Waals surface area contributed by atoms with E-state index in [1.807, 2.05) is 13.1 Å². The second-order valence-corrected chi connectivity index (χ2v) is 6.90. The first-order valence-corrected chi connectivity index (χ1v) is 8.19. The van der Waals surface area contributed by atoms with Crippen molar-refractivity contribution in [3.8, 4) is 0 Å². The van der Waals surface area contributed by atoms with Gasteiger partial charge in [0, 0.05) is 42.1 Å². The normalized spacial score (nSPS) is 11.7. The molecule has 0 aliphatic heterocycles. The van der Waals surface area contributed by atoms with Crippen LogP contribution in [0.3, 0.4) is 0 Å². The molecule has 108 valence electrons. The lowest BCUT2D eigenvalue weighted by atomic mass is 10.3. The van der Waals surface area contributed by atoms with Crippen molar-refractivity contribution in [2.45, 2.75) is 11.3 Å². The van der Waals surface area contributed by atoms with E-state index in [1.54, 1.807) is 16.9 Å². The van der Waals surface area contributed by atoms with Gasteiger partial charge in [-0.2, -0.15) is 5.10 Å². The number of aryl methyl sites for hydroxylation is 1. The monoisotopic (exact) mass is 358 g/mol. The molecule has 0 radical (unpaired) electrons. The van der Waals surface area contributed by atoms with E-state index in [0.717, 1.165) is 5.69 Å². The molecule has 2 rings (SSSR count). The van der Waals surface area contributed by atoms with Crippen molar-refractivity contribution in [3.05, 3.63) is 40.6 Å². The van der Waals surface area contributed by atoms with Crippen LogP contribution in [0.1, 0.15) is 5.69 Å². The Balaban J connectivity index is 2.04. The summed E-state index contributed by atoms with van der Waals surface area (Å²) in [7, 11) is -1.73. The van der Waals surface area contributed by atoms with Gasteiger partial charge in [0.15, 0.2) is 0 Å². The summed E-state index contributed by atoms with van der Waals surface area (Å²) in [6, 6.07) is 6.40. The number of hydrogen-bond donors (Lipinski definition) is 2. The van der Waals surface area contributed by atoms with Crippen LogP contribution in [0.25, 0.3) is 0 Å².